The monoisotopic (exact) mass is 951 g/mol. The zero-order chi connectivity index (χ0) is 47.1. The molecule has 2 spiro atoms. The van der Waals surface area contributed by atoms with Crippen LogP contribution in [0.15, 0.2) is 259 Å². The molecule has 0 radical (unpaired) electrons. The standard InChI is InChI=1S/C68H41NOS2/c1-4-21-50-46(17-1)47-40-39-44(41-57(47)67(50)52-23-6-10-29-59(52)70-60-30-11-7-24-53(60)67)69(43-37-35-42(36-38-43)45-20-15-34-64-65(45)49-19-3-12-31-61(49)71-64)58-28-16-27-56-66(58)48-18-2-5-22-51(48)68(56)54-25-8-13-32-62(54)72-63-33-14-9-26-55(63)68/h1-41H. The third-order valence-corrected chi connectivity index (χ3v) is 18.3. The number of hydrogen-bond donors (Lipinski definition) is 0. The molecule has 0 N–H and O–H groups in total. The van der Waals surface area contributed by atoms with E-state index < -0.39 is 10.8 Å². The molecule has 0 unspecified atom stereocenters. The van der Waals surface area contributed by atoms with Crippen molar-refractivity contribution >= 4 is 60.3 Å². The minimum atomic E-state index is -0.618. The van der Waals surface area contributed by atoms with Gasteiger partial charge < -0.3 is 9.64 Å². The molecule has 0 bridgehead atoms. The molecule has 4 heteroatoms. The van der Waals surface area contributed by atoms with Gasteiger partial charge in [-0.2, -0.15) is 0 Å². The van der Waals surface area contributed by atoms with Crippen LogP contribution in [-0.4, -0.2) is 0 Å². The Balaban J connectivity index is 0.978. The normalized spacial score (nSPS) is 14.4. The summed E-state index contributed by atoms with van der Waals surface area (Å²) in [6.45, 7) is 0. The van der Waals surface area contributed by atoms with E-state index >= 15 is 0 Å². The van der Waals surface area contributed by atoms with Gasteiger partial charge in [0.15, 0.2) is 0 Å². The van der Waals surface area contributed by atoms with Crippen molar-refractivity contribution in [3.63, 3.8) is 0 Å². The van der Waals surface area contributed by atoms with E-state index in [1.165, 1.54) is 96.7 Å². The maximum absolute atomic E-state index is 6.78. The van der Waals surface area contributed by atoms with Crippen LogP contribution in [0.4, 0.5) is 17.1 Å². The van der Waals surface area contributed by atoms with Crippen LogP contribution in [0.1, 0.15) is 44.5 Å². The van der Waals surface area contributed by atoms with E-state index in [-0.39, 0.29) is 0 Å². The van der Waals surface area contributed by atoms with E-state index in [1.807, 2.05) is 23.1 Å². The van der Waals surface area contributed by atoms with Crippen LogP contribution in [0.25, 0.3) is 53.6 Å². The molecule has 1 aromatic heterocycles. The second-order valence-electron chi connectivity index (χ2n) is 19.4. The summed E-state index contributed by atoms with van der Waals surface area (Å²) < 4.78 is 9.40. The Morgan fingerprint density at radius 2 is 0.861 bits per heavy atom. The Morgan fingerprint density at radius 1 is 0.347 bits per heavy atom. The zero-order valence-corrected chi connectivity index (χ0v) is 40.5. The van der Waals surface area contributed by atoms with Crippen LogP contribution < -0.4 is 9.64 Å². The van der Waals surface area contributed by atoms with E-state index in [0.29, 0.717) is 0 Å². The number of hydrogen-bond acceptors (Lipinski definition) is 4. The Kier molecular flexibility index (Phi) is 8.43. The highest BCUT2D eigenvalue weighted by atomic mass is 32.2. The lowest BCUT2D eigenvalue weighted by Crippen LogP contribution is -2.32. The van der Waals surface area contributed by atoms with Gasteiger partial charge in [0.25, 0.3) is 0 Å². The minimum Gasteiger partial charge on any atom is -0.457 e. The van der Waals surface area contributed by atoms with Gasteiger partial charge in [-0.3, -0.25) is 0 Å². The topological polar surface area (TPSA) is 12.5 Å². The second-order valence-corrected chi connectivity index (χ2v) is 21.5. The summed E-state index contributed by atoms with van der Waals surface area (Å²) in [5, 5.41) is 2.62. The maximum Gasteiger partial charge on any atom is 0.132 e. The largest absolute Gasteiger partial charge is 0.457 e. The summed E-state index contributed by atoms with van der Waals surface area (Å²) in [7, 11) is 0. The molecular weight excluding hydrogens is 911 g/mol. The van der Waals surface area contributed by atoms with E-state index in [1.54, 1.807) is 0 Å². The van der Waals surface area contributed by atoms with Gasteiger partial charge in [-0.25, -0.2) is 0 Å². The first kappa shape index (κ1) is 40.3. The van der Waals surface area contributed by atoms with Gasteiger partial charge in [0.05, 0.1) is 16.5 Å². The molecule has 0 atom stereocenters. The van der Waals surface area contributed by atoms with Crippen molar-refractivity contribution in [2.75, 3.05) is 4.90 Å². The van der Waals surface area contributed by atoms with Gasteiger partial charge in [0.1, 0.15) is 11.5 Å². The first-order chi connectivity index (χ1) is 35.7. The summed E-state index contributed by atoms with van der Waals surface area (Å²) in [5.74, 6) is 1.78. The number of nitrogens with zero attached hydrogens (tertiary/aromatic N) is 1. The average molecular weight is 952 g/mol. The summed E-state index contributed by atoms with van der Waals surface area (Å²) >= 11 is 3.75. The van der Waals surface area contributed by atoms with Gasteiger partial charge in [0, 0.05) is 58.0 Å². The SMILES string of the molecule is c1ccc2c(c1)Oc1ccccc1C21c2ccccc2-c2ccc(N(c3ccc(-c4cccc5sc6ccccc6c45)cc3)c3cccc4c3-c3ccccc3C43c4ccccc4Sc4ccccc43)cc21. The second kappa shape index (κ2) is 15.1. The molecule has 0 saturated heterocycles. The van der Waals surface area contributed by atoms with Gasteiger partial charge in [-0.05, 0) is 128 Å². The first-order valence-corrected chi connectivity index (χ1v) is 26.4. The fourth-order valence-corrected chi connectivity index (χ4v) is 15.6. The number of anilines is 3. The van der Waals surface area contributed by atoms with Crippen LogP contribution in [0.2, 0.25) is 0 Å². The van der Waals surface area contributed by atoms with Crippen LogP contribution >= 0.6 is 23.1 Å². The molecule has 3 heterocycles. The van der Waals surface area contributed by atoms with Crippen molar-refractivity contribution in [3.05, 3.63) is 293 Å². The van der Waals surface area contributed by atoms with E-state index in [4.69, 9.17) is 4.74 Å². The summed E-state index contributed by atoms with van der Waals surface area (Å²) in [6, 6.07) is 92.9. The Hall–Kier alpha value is -8.41. The molecule has 0 fully saturated rings. The molecule has 336 valence electrons. The number of thiophene rings is 1. The van der Waals surface area contributed by atoms with Crippen molar-refractivity contribution in [2.24, 2.45) is 0 Å². The van der Waals surface area contributed by atoms with Crippen LogP contribution in [0.5, 0.6) is 11.5 Å². The lowest BCUT2D eigenvalue weighted by molar-refractivity contribution is 0.436. The molecule has 2 aliphatic carbocycles. The smallest absolute Gasteiger partial charge is 0.132 e. The van der Waals surface area contributed by atoms with Gasteiger partial charge in [0.2, 0.25) is 0 Å². The van der Waals surface area contributed by atoms with Crippen LogP contribution in [0, 0.1) is 0 Å². The Bertz CT molecular complexity index is 4170. The third kappa shape index (κ3) is 5.25. The Labute approximate surface area is 426 Å². The molecule has 2 aliphatic heterocycles. The van der Waals surface area contributed by atoms with Crippen molar-refractivity contribution in [1.29, 1.82) is 0 Å². The minimum absolute atomic E-state index is 0.517. The maximum atomic E-state index is 6.78. The number of ether oxygens (including phenoxy) is 1. The van der Waals surface area contributed by atoms with E-state index in [2.05, 4.69) is 254 Å². The molecule has 0 amide bonds. The molecule has 0 saturated carbocycles. The van der Waals surface area contributed by atoms with Crippen LogP contribution in [0.3, 0.4) is 0 Å². The lowest BCUT2D eigenvalue weighted by Gasteiger charge is -2.40. The highest BCUT2D eigenvalue weighted by Crippen LogP contribution is 2.66. The van der Waals surface area contributed by atoms with Gasteiger partial charge >= 0.3 is 0 Å². The highest BCUT2D eigenvalue weighted by Gasteiger charge is 2.53. The fraction of sp³-hybridized carbons (Fsp3) is 0.0294. The molecule has 2 nitrogen and oxygen atoms in total. The van der Waals surface area contributed by atoms with E-state index in [0.717, 1.165) is 39.7 Å². The number of benzene rings is 11. The van der Waals surface area contributed by atoms with Gasteiger partial charge in [-0.1, -0.05) is 194 Å². The summed E-state index contributed by atoms with van der Waals surface area (Å²) in [5.41, 5.74) is 19.7. The van der Waals surface area contributed by atoms with E-state index in [9.17, 15) is 0 Å². The average Bonchev–Trinajstić information content (AvgIpc) is 4.07. The van der Waals surface area contributed by atoms with Crippen molar-refractivity contribution < 1.29 is 4.74 Å². The van der Waals surface area contributed by atoms with Gasteiger partial charge in [-0.15, -0.1) is 11.3 Å². The van der Waals surface area contributed by atoms with Crippen molar-refractivity contribution in [1.82, 2.24) is 0 Å². The molecule has 16 rings (SSSR count). The first-order valence-electron chi connectivity index (χ1n) is 24.7. The zero-order valence-electron chi connectivity index (χ0n) is 38.8. The lowest BCUT2D eigenvalue weighted by atomic mass is 9.66. The van der Waals surface area contributed by atoms with Crippen molar-refractivity contribution in [3.8, 4) is 44.9 Å². The molecule has 12 aromatic rings. The number of fused-ring (bicyclic) bond motifs is 21. The summed E-state index contributed by atoms with van der Waals surface area (Å²) in [4.78, 5) is 5.14. The quantitative estimate of drug-likeness (QED) is 0.174. The number of rotatable bonds is 4. The Morgan fingerprint density at radius 3 is 1.60 bits per heavy atom. The number of para-hydroxylation sites is 2. The molecule has 11 aromatic carbocycles. The summed E-state index contributed by atoms with van der Waals surface area (Å²) in [6.07, 6.45) is 0. The predicted octanol–water partition coefficient (Wildman–Crippen LogP) is 18.5. The van der Waals surface area contributed by atoms with Crippen molar-refractivity contribution in [2.45, 2.75) is 20.6 Å². The highest BCUT2D eigenvalue weighted by molar-refractivity contribution is 7.99. The fourth-order valence-electron chi connectivity index (χ4n) is 13.3. The predicted molar refractivity (Wildman–Crippen MR) is 298 cm³/mol. The molecule has 72 heavy (non-hydrogen) atoms. The molecule has 4 aliphatic rings. The van der Waals surface area contributed by atoms with Crippen LogP contribution in [-0.2, 0) is 10.8 Å². The molecular formula is C68H41NOS2. The third-order valence-electron chi connectivity index (χ3n) is 16.0.